The fourth-order valence-electron chi connectivity index (χ4n) is 2.52. The summed E-state index contributed by atoms with van der Waals surface area (Å²) < 4.78 is 0. The van der Waals surface area contributed by atoms with Crippen molar-refractivity contribution < 1.29 is 4.79 Å². The zero-order valence-electron chi connectivity index (χ0n) is 8.88. The molecule has 0 atom stereocenters. The van der Waals surface area contributed by atoms with E-state index in [1.165, 1.54) is 12.8 Å². The smallest absolute Gasteiger partial charge is 0.226 e. The third-order valence-electron chi connectivity index (χ3n) is 3.77. The highest BCUT2D eigenvalue weighted by Gasteiger charge is 2.38. The minimum atomic E-state index is -0.0836. The van der Waals surface area contributed by atoms with Gasteiger partial charge >= 0.3 is 0 Å². The topological polar surface area (TPSA) is 55.1 Å². The SMILES string of the molecule is CC1(C(=O)NC2CC(N)C2)CCCC1. The summed E-state index contributed by atoms with van der Waals surface area (Å²) in [6, 6.07) is 0.673. The van der Waals surface area contributed by atoms with Crippen molar-refractivity contribution in [1.29, 1.82) is 0 Å². The maximum absolute atomic E-state index is 11.9. The van der Waals surface area contributed by atoms with Crippen LogP contribution in [0.3, 0.4) is 0 Å². The molecule has 0 unspecified atom stereocenters. The third-order valence-corrected chi connectivity index (χ3v) is 3.77. The van der Waals surface area contributed by atoms with Gasteiger partial charge in [0.15, 0.2) is 0 Å². The van der Waals surface area contributed by atoms with E-state index < -0.39 is 0 Å². The van der Waals surface area contributed by atoms with E-state index in [1.807, 2.05) is 0 Å². The summed E-state index contributed by atoms with van der Waals surface area (Å²) in [5.74, 6) is 0.256. The molecule has 3 nitrogen and oxygen atoms in total. The molecule has 2 rings (SSSR count). The molecule has 0 aliphatic heterocycles. The molecule has 2 fully saturated rings. The molecule has 2 aliphatic carbocycles. The first-order valence-corrected chi connectivity index (χ1v) is 5.67. The zero-order chi connectivity index (χ0) is 10.2. The monoisotopic (exact) mass is 196 g/mol. The van der Waals surface area contributed by atoms with Gasteiger partial charge in [-0.3, -0.25) is 4.79 Å². The molecule has 0 aromatic rings. The van der Waals surface area contributed by atoms with E-state index in [2.05, 4.69) is 12.2 Å². The second kappa shape index (κ2) is 3.54. The van der Waals surface area contributed by atoms with Gasteiger partial charge < -0.3 is 11.1 Å². The summed E-state index contributed by atoms with van der Waals surface area (Å²) >= 11 is 0. The van der Waals surface area contributed by atoms with Crippen molar-refractivity contribution in [3.8, 4) is 0 Å². The lowest BCUT2D eigenvalue weighted by molar-refractivity contribution is -0.131. The standard InChI is InChI=1S/C11H20N2O/c1-11(4-2-3-5-11)10(14)13-9-6-8(12)7-9/h8-9H,2-7,12H2,1H3,(H,13,14). The first-order valence-electron chi connectivity index (χ1n) is 5.67. The summed E-state index contributed by atoms with van der Waals surface area (Å²) in [6.45, 7) is 2.09. The van der Waals surface area contributed by atoms with Crippen molar-refractivity contribution >= 4 is 5.91 Å². The summed E-state index contributed by atoms with van der Waals surface area (Å²) in [5.41, 5.74) is 5.60. The number of amides is 1. The molecular weight excluding hydrogens is 176 g/mol. The van der Waals surface area contributed by atoms with Crippen LogP contribution in [-0.2, 0) is 4.79 Å². The molecule has 2 saturated carbocycles. The predicted octanol–water partition coefficient (Wildman–Crippen LogP) is 1.17. The average Bonchev–Trinajstić information content (AvgIpc) is 2.51. The molecule has 0 heterocycles. The summed E-state index contributed by atoms with van der Waals surface area (Å²) in [5, 5.41) is 3.11. The lowest BCUT2D eigenvalue weighted by Gasteiger charge is -2.35. The van der Waals surface area contributed by atoms with Crippen LogP contribution in [0.25, 0.3) is 0 Å². The highest BCUT2D eigenvalue weighted by Crippen LogP contribution is 2.38. The normalized spacial score (nSPS) is 35.0. The number of rotatable bonds is 2. The fourth-order valence-corrected chi connectivity index (χ4v) is 2.52. The van der Waals surface area contributed by atoms with Crippen molar-refractivity contribution in [1.82, 2.24) is 5.32 Å². The number of carbonyl (C=O) groups is 1. The molecule has 0 aromatic carbocycles. The van der Waals surface area contributed by atoms with Crippen molar-refractivity contribution in [2.24, 2.45) is 11.1 Å². The number of hydrogen-bond acceptors (Lipinski definition) is 2. The summed E-state index contributed by atoms with van der Waals surface area (Å²) in [4.78, 5) is 11.9. The quantitative estimate of drug-likeness (QED) is 0.696. The van der Waals surface area contributed by atoms with Crippen molar-refractivity contribution in [2.75, 3.05) is 0 Å². The average molecular weight is 196 g/mol. The van der Waals surface area contributed by atoms with Crippen LogP contribution in [0.1, 0.15) is 45.4 Å². The van der Waals surface area contributed by atoms with Gasteiger partial charge in [0.25, 0.3) is 0 Å². The minimum absolute atomic E-state index is 0.0836. The first-order chi connectivity index (χ1) is 6.60. The van der Waals surface area contributed by atoms with E-state index in [4.69, 9.17) is 5.73 Å². The Bertz CT molecular complexity index is 227. The Balaban J connectivity index is 1.83. The maximum Gasteiger partial charge on any atom is 0.226 e. The molecule has 0 spiro atoms. The first kappa shape index (κ1) is 9.97. The second-order valence-corrected chi connectivity index (χ2v) is 5.17. The van der Waals surface area contributed by atoms with Crippen LogP contribution in [-0.4, -0.2) is 18.0 Å². The Morgan fingerprint density at radius 2 is 1.93 bits per heavy atom. The highest BCUT2D eigenvalue weighted by atomic mass is 16.2. The van der Waals surface area contributed by atoms with E-state index in [0.717, 1.165) is 25.7 Å². The van der Waals surface area contributed by atoms with Crippen LogP contribution in [0, 0.1) is 5.41 Å². The van der Waals surface area contributed by atoms with Gasteiger partial charge in [-0.25, -0.2) is 0 Å². The van der Waals surface area contributed by atoms with E-state index in [9.17, 15) is 4.79 Å². The Kier molecular flexibility index (Phi) is 2.52. The van der Waals surface area contributed by atoms with Crippen LogP contribution < -0.4 is 11.1 Å². The van der Waals surface area contributed by atoms with E-state index in [-0.39, 0.29) is 11.3 Å². The van der Waals surface area contributed by atoms with Crippen molar-refractivity contribution in [2.45, 2.75) is 57.5 Å². The predicted molar refractivity (Wildman–Crippen MR) is 55.7 cm³/mol. The molecule has 0 saturated heterocycles. The van der Waals surface area contributed by atoms with E-state index in [0.29, 0.717) is 12.1 Å². The number of nitrogens with one attached hydrogen (secondary N) is 1. The zero-order valence-corrected chi connectivity index (χ0v) is 8.88. The van der Waals surface area contributed by atoms with Gasteiger partial charge in [0.1, 0.15) is 0 Å². The van der Waals surface area contributed by atoms with E-state index in [1.54, 1.807) is 0 Å². The Morgan fingerprint density at radius 3 is 2.43 bits per heavy atom. The second-order valence-electron chi connectivity index (χ2n) is 5.17. The largest absolute Gasteiger partial charge is 0.353 e. The molecule has 2 aliphatic rings. The van der Waals surface area contributed by atoms with Gasteiger partial charge in [-0.15, -0.1) is 0 Å². The molecule has 0 bridgehead atoms. The van der Waals surface area contributed by atoms with Crippen LogP contribution in [0.2, 0.25) is 0 Å². The highest BCUT2D eigenvalue weighted by molar-refractivity contribution is 5.82. The van der Waals surface area contributed by atoms with Crippen LogP contribution in [0.5, 0.6) is 0 Å². The number of hydrogen-bond donors (Lipinski definition) is 2. The molecule has 3 N–H and O–H groups in total. The van der Waals surface area contributed by atoms with Crippen LogP contribution in [0.4, 0.5) is 0 Å². The third kappa shape index (κ3) is 1.78. The Labute approximate surface area is 85.4 Å². The lowest BCUT2D eigenvalue weighted by Crippen LogP contribution is -2.53. The Hall–Kier alpha value is -0.570. The molecule has 1 amide bonds. The van der Waals surface area contributed by atoms with Crippen LogP contribution >= 0.6 is 0 Å². The van der Waals surface area contributed by atoms with Gasteiger partial charge in [-0.1, -0.05) is 19.8 Å². The van der Waals surface area contributed by atoms with Crippen molar-refractivity contribution in [3.05, 3.63) is 0 Å². The molecule has 0 aromatic heterocycles. The van der Waals surface area contributed by atoms with E-state index >= 15 is 0 Å². The molecule has 80 valence electrons. The molecule has 0 radical (unpaired) electrons. The fraction of sp³-hybridized carbons (Fsp3) is 0.909. The summed E-state index contributed by atoms with van der Waals surface area (Å²) in [6.07, 6.45) is 6.43. The van der Waals surface area contributed by atoms with Gasteiger partial charge in [-0.2, -0.15) is 0 Å². The Morgan fingerprint density at radius 1 is 1.36 bits per heavy atom. The van der Waals surface area contributed by atoms with Gasteiger partial charge in [0, 0.05) is 17.5 Å². The molecule has 14 heavy (non-hydrogen) atoms. The van der Waals surface area contributed by atoms with Gasteiger partial charge in [-0.05, 0) is 25.7 Å². The molecule has 3 heteroatoms. The van der Waals surface area contributed by atoms with Crippen LogP contribution in [0.15, 0.2) is 0 Å². The number of nitrogens with two attached hydrogens (primary N) is 1. The number of carbonyl (C=O) groups excluding carboxylic acids is 1. The molecular formula is C11H20N2O. The van der Waals surface area contributed by atoms with Gasteiger partial charge in [0.2, 0.25) is 5.91 Å². The van der Waals surface area contributed by atoms with Gasteiger partial charge in [0.05, 0.1) is 0 Å². The van der Waals surface area contributed by atoms with Crippen molar-refractivity contribution in [3.63, 3.8) is 0 Å². The summed E-state index contributed by atoms with van der Waals surface area (Å²) in [7, 11) is 0. The maximum atomic E-state index is 11.9. The minimum Gasteiger partial charge on any atom is -0.353 e. The lowest BCUT2D eigenvalue weighted by atomic mass is 9.84.